The van der Waals surface area contributed by atoms with E-state index in [2.05, 4.69) is 10.3 Å². The predicted molar refractivity (Wildman–Crippen MR) is 90.6 cm³/mol. The van der Waals surface area contributed by atoms with Gasteiger partial charge in [-0.25, -0.2) is 0 Å². The van der Waals surface area contributed by atoms with E-state index in [4.69, 9.17) is 4.74 Å². The molecule has 3 aliphatic rings. The summed E-state index contributed by atoms with van der Waals surface area (Å²) in [6.45, 7) is 2.80. The number of aliphatic hydroxyl groups excluding tert-OH is 1. The Kier molecular flexibility index (Phi) is 3.94. The number of hydrogen-bond acceptors (Lipinski definition) is 4. The number of nitrogens with one attached hydrogen (secondary N) is 1. The highest BCUT2D eigenvalue weighted by molar-refractivity contribution is 5.93. The number of nitrogens with zero attached hydrogens (tertiary/aromatic N) is 1. The minimum Gasteiger partial charge on any atom is -0.512 e. The number of amides is 1. The van der Waals surface area contributed by atoms with Gasteiger partial charge in [0, 0.05) is 30.2 Å². The molecule has 0 aromatic carbocycles. The van der Waals surface area contributed by atoms with Crippen molar-refractivity contribution in [1.82, 2.24) is 10.3 Å². The van der Waals surface area contributed by atoms with Crippen LogP contribution in [-0.2, 0) is 0 Å². The average molecular weight is 382 g/mol. The summed E-state index contributed by atoms with van der Waals surface area (Å²) in [7, 11) is 0. The summed E-state index contributed by atoms with van der Waals surface area (Å²) in [6, 6.07) is 1.30. The van der Waals surface area contributed by atoms with Crippen molar-refractivity contribution in [2.75, 3.05) is 0 Å². The van der Waals surface area contributed by atoms with Gasteiger partial charge >= 0.3 is 6.18 Å². The summed E-state index contributed by atoms with van der Waals surface area (Å²) >= 11 is 0. The second-order valence-corrected chi connectivity index (χ2v) is 7.96. The molecule has 1 aromatic heterocycles. The second kappa shape index (κ2) is 5.87. The Balaban J connectivity index is 1.54. The zero-order valence-electron chi connectivity index (χ0n) is 15.1. The van der Waals surface area contributed by atoms with Crippen LogP contribution in [0.3, 0.4) is 0 Å². The predicted octanol–water partition coefficient (Wildman–Crippen LogP) is 4.01. The Morgan fingerprint density at radius 3 is 2.67 bits per heavy atom. The number of ether oxygens (including phenoxy) is 1. The van der Waals surface area contributed by atoms with E-state index in [1.807, 2.05) is 6.92 Å². The zero-order valence-corrected chi connectivity index (χ0v) is 15.1. The highest BCUT2D eigenvalue weighted by Crippen LogP contribution is 2.55. The van der Waals surface area contributed by atoms with Crippen LogP contribution in [0.15, 0.2) is 23.6 Å². The van der Waals surface area contributed by atoms with Crippen LogP contribution in [0, 0.1) is 5.92 Å². The Morgan fingerprint density at radius 1 is 1.44 bits per heavy atom. The number of carbonyl (C=O) groups excluding carboxylic acids is 1. The summed E-state index contributed by atoms with van der Waals surface area (Å²) in [4.78, 5) is 16.8. The molecule has 2 saturated carbocycles. The van der Waals surface area contributed by atoms with Crippen LogP contribution < -0.4 is 10.1 Å². The van der Waals surface area contributed by atoms with Gasteiger partial charge in [0.25, 0.3) is 5.91 Å². The molecule has 4 rings (SSSR count). The fraction of sp³-hybridized carbons (Fsp3) is 0.579. The molecule has 0 spiro atoms. The lowest BCUT2D eigenvalue weighted by molar-refractivity contribution is -0.189. The van der Waals surface area contributed by atoms with Crippen LogP contribution in [0.5, 0.6) is 5.75 Å². The molecule has 1 amide bonds. The number of hydrogen-bond donors (Lipinski definition) is 2. The lowest BCUT2D eigenvalue weighted by Crippen LogP contribution is -2.47. The van der Waals surface area contributed by atoms with Gasteiger partial charge in [-0.15, -0.1) is 0 Å². The maximum absolute atomic E-state index is 12.9. The lowest BCUT2D eigenvalue weighted by atomic mass is 9.94. The van der Waals surface area contributed by atoms with Crippen LogP contribution in [0.1, 0.15) is 61.5 Å². The van der Waals surface area contributed by atoms with Gasteiger partial charge < -0.3 is 15.2 Å². The van der Waals surface area contributed by atoms with E-state index in [9.17, 15) is 23.1 Å². The first kappa shape index (κ1) is 18.1. The van der Waals surface area contributed by atoms with Gasteiger partial charge in [-0.3, -0.25) is 9.78 Å². The quantitative estimate of drug-likeness (QED) is 0.807. The van der Waals surface area contributed by atoms with Crippen molar-refractivity contribution in [1.29, 1.82) is 0 Å². The second-order valence-electron chi connectivity index (χ2n) is 7.96. The average Bonchev–Trinajstić information content (AvgIpc) is 3.44. The summed E-state index contributed by atoms with van der Waals surface area (Å²) in [5.41, 5.74) is 1.00. The molecular weight excluding hydrogens is 361 g/mol. The van der Waals surface area contributed by atoms with Crippen molar-refractivity contribution in [2.45, 2.75) is 63.3 Å². The number of aliphatic hydroxyl groups is 1. The Hall–Kier alpha value is -2.25. The first-order valence-electron chi connectivity index (χ1n) is 9.05. The van der Waals surface area contributed by atoms with E-state index in [1.54, 1.807) is 0 Å². The van der Waals surface area contributed by atoms with Crippen LogP contribution in [0.2, 0.25) is 0 Å². The van der Waals surface area contributed by atoms with Crippen molar-refractivity contribution in [3.63, 3.8) is 0 Å². The minimum absolute atomic E-state index is 0.0126. The van der Waals surface area contributed by atoms with E-state index in [0.29, 0.717) is 17.7 Å². The van der Waals surface area contributed by atoms with Gasteiger partial charge in [0.15, 0.2) is 6.10 Å². The molecule has 3 atom stereocenters. The van der Waals surface area contributed by atoms with Gasteiger partial charge in [-0.2, -0.15) is 13.2 Å². The van der Waals surface area contributed by atoms with Crippen LogP contribution in [-0.4, -0.2) is 33.8 Å². The summed E-state index contributed by atoms with van der Waals surface area (Å²) in [6.07, 6.45) is -2.16. The Morgan fingerprint density at radius 2 is 2.15 bits per heavy atom. The molecule has 0 radical (unpaired) electrons. The number of alkyl halides is 3. The van der Waals surface area contributed by atoms with Crippen molar-refractivity contribution in [3.8, 4) is 5.75 Å². The Labute approximate surface area is 154 Å². The first-order chi connectivity index (χ1) is 12.6. The molecule has 8 heteroatoms. The molecule has 5 nitrogen and oxygen atoms in total. The van der Waals surface area contributed by atoms with E-state index in [-0.39, 0.29) is 23.3 Å². The molecule has 2 N–H and O–H groups in total. The monoisotopic (exact) mass is 382 g/mol. The third-order valence-electron chi connectivity index (χ3n) is 5.67. The smallest absolute Gasteiger partial charge is 0.425 e. The largest absolute Gasteiger partial charge is 0.512 e. The van der Waals surface area contributed by atoms with Crippen molar-refractivity contribution >= 4 is 5.91 Å². The third-order valence-corrected chi connectivity index (χ3v) is 5.67. The van der Waals surface area contributed by atoms with Gasteiger partial charge in [-0.1, -0.05) is 0 Å². The fourth-order valence-electron chi connectivity index (χ4n) is 3.76. The highest BCUT2D eigenvalue weighted by Gasteiger charge is 2.54. The van der Waals surface area contributed by atoms with Crippen LogP contribution in [0.4, 0.5) is 13.2 Å². The number of carbonyl (C=O) groups is 1. The molecule has 0 bridgehead atoms. The molecule has 1 aromatic rings. The number of halogens is 3. The van der Waals surface area contributed by atoms with Gasteiger partial charge in [0.1, 0.15) is 11.4 Å². The van der Waals surface area contributed by atoms with Gasteiger partial charge in [-0.05, 0) is 44.6 Å². The maximum Gasteiger partial charge on any atom is 0.425 e. The standard InChI is InChI=1S/C19H21F3N2O3/c1-9(19(20,21)22)27-16-6-14(23-8-12(16)10-3-4-10)17(26)24-18(2)7-15(25)11-5-13(11)18/h6,8-10,13,25H,3-5,7H2,1-2H3,(H,24,26)/t9-,13?,18?/m0/s1. The highest BCUT2D eigenvalue weighted by atomic mass is 19.4. The van der Waals surface area contributed by atoms with E-state index < -0.39 is 23.7 Å². The molecule has 146 valence electrons. The minimum atomic E-state index is -4.49. The van der Waals surface area contributed by atoms with Crippen molar-refractivity contribution in [3.05, 3.63) is 34.9 Å². The van der Waals surface area contributed by atoms with Crippen molar-refractivity contribution in [2.24, 2.45) is 5.92 Å². The third kappa shape index (κ3) is 3.37. The van der Waals surface area contributed by atoms with Gasteiger partial charge in [0.2, 0.25) is 0 Å². The molecule has 1 heterocycles. The van der Waals surface area contributed by atoms with Crippen LogP contribution >= 0.6 is 0 Å². The topological polar surface area (TPSA) is 71.5 Å². The van der Waals surface area contributed by atoms with Crippen LogP contribution in [0.25, 0.3) is 0 Å². The SMILES string of the molecule is C[C@H](Oc1cc(C(=O)NC2(C)CC(O)=C3CC32)ncc1C1CC1)C(F)(F)F. The lowest BCUT2D eigenvalue weighted by Gasteiger charge is -2.27. The maximum atomic E-state index is 12.9. The Bertz CT molecular complexity index is 832. The number of fused-ring (bicyclic) bond motifs is 1. The van der Waals surface area contributed by atoms with Gasteiger partial charge in [0.05, 0.1) is 11.3 Å². The molecule has 0 aliphatic heterocycles. The zero-order chi connectivity index (χ0) is 19.6. The van der Waals surface area contributed by atoms with E-state index in [1.165, 1.54) is 12.3 Å². The summed E-state index contributed by atoms with van der Waals surface area (Å²) in [5, 5.41) is 12.8. The number of pyridine rings is 1. The first-order valence-corrected chi connectivity index (χ1v) is 9.05. The van der Waals surface area contributed by atoms with E-state index in [0.717, 1.165) is 31.8 Å². The van der Waals surface area contributed by atoms with E-state index >= 15 is 0 Å². The molecule has 27 heavy (non-hydrogen) atoms. The molecular formula is C19H21F3N2O3. The number of rotatable bonds is 5. The summed E-state index contributed by atoms with van der Waals surface area (Å²) in [5.74, 6) is 0.154. The molecule has 2 fully saturated rings. The molecule has 3 aliphatic carbocycles. The summed E-state index contributed by atoms with van der Waals surface area (Å²) < 4.78 is 43.8. The van der Waals surface area contributed by atoms with Crippen molar-refractivity contribution < 1.29 is 27.8 Å². The molecule has 2 unspecified atom stereocenters. The fourth-order valence-corrected chi connectivity index (χ4v) is 3.76. The molecule has 0 saturated heterocycles. The number of aromatic nitrogens is 1. The normalized spacial score (nSPS) is 28.0.